The molecular formula is C22H30N6O5S. The number of fused-ring (bicyclic) bond motifs is 1. The summed E-state index contributed by atoms with van der Waals surface area (Å²) in [4.78, 5) is 15.6. The number of unbranched alkanes of at least 4 members (excludes halogenated alkanes) is 1. The van der Waals surface area contributed by atoms with E-state index in [0.29, 0.717) is 37.0 Å². The van der Waals surface area contributed by atoms with Gasteiger partial charge >= 0.3 is 0 Å². The molecule has 0 bridgehead atoms. The summed E-state index contributed by atoms with van der Waals surface area (Å²) in [5.74, 6) is 1.24. The number of benzene rings is 1. The third-order valence-corrected chi connectivity index (χ3v) is 7.74. The van der Waals surface area contributed by atoms with E-state index in [1.54, 1.807) is 6.07 Å². The van der Waals surface area contributed by atoms with Crippen molar-refractivity contribution in [1.29, 1.82) is 0 Å². The van der Waals surface area contributed by atoms with E-state index < -0.39 is 15.6 Å². The molecule has 1 unspecified atom stereocenters. The lowest BCUT2D eigenvalue weighted by Crippen LogP contribution is -2.40. The zero-order chi connectivity index (χ0) is 24.3. The van der Waals surface area contributed by atoms with E-state index in [9.17, 15) is 13.2 Å². The van der Waals surface area contributed by atoms with Gasteiger partial charge in [0.2, 0.25) is 15.7 Å². The minimum atomic E-state index is -3.75. The van der Waals surface area contributed by atoms with Crippen LogP contribution in [-0.4, -0.2) is 70.4 Å². The molecule has 0 spiro atoms. The van der Waals surface area contributed by atoms with Crippen LogP contribution in [0.15, 0.2) is 27.9 Å². The largest absolute Gasteiger partial charge is 0.493 e. The highest BCUT2D eigenvalue weighted by atomic mass is 32.2. The molecule has 3 heterocycles. The number of hydrogen-bond donors (Lipinski definition) is 1. The molecule has 1 aliphatic heterocycles. The lowest BCUT2D eigenvalue weighted by Gasteiger charge is -2.26. The number of sulfonamides is 1. The van der Waals surface area contributed by atoms with Crippen molar-refractivity contribution < 1.29 is 17.9 Å². The summed E-state index contributed by atoms with van der Waals surface area (Å²) >= 11 is 0. The average Bonchev–Trinajstić information content (AvgIpc) is 3.28. The molecule has 1 N–H and O–H groups in total. The Kier molecular flexibility index (Phi) is 7.29. The first-order valence-corrected chi connectivity index (χ1v) is 13.0. The fraction of sp³-hybridized carbons (Fsp3) is 0.545. The summed E-state index contributed by atoms with van der Waals surface area (Å²) in [6, 6.07) is 4.59. The highest BCUT2D eigenvalue weighted by Crippen LogP contribution is 2.31. The van der Waals surface area contributed by atoms with Gasteiger partial charge in [0, 0.05) is 19.0 Å². The molecule has 1 atom stereocenters. The van der Waals surface area contributed by atoms with Crippen LogP contribution >= 0.6 is 0 Å². The monoisotopic (exact) mass is 490 g/mol. The van der Waals surface area contributed by atoms with Crippen molar-refractivity contribution in [3.63, 3.8) is 0 Å². The van der Waals surface area contributed by atoms with Crippen molar-refractivity contribution in [2.45, 2.75) is 50.8 Å². The average molecular weight is 491 g/mol. The summed E-state index contributed by atoms with van der Waals surface area (Å²) < 4.78 is 40.3. The molecule has 184 valence electrons. The molecule has 0 aliphatic carbocycles. The van der Waals surface area contributed by atoms with Gasteiger partial charge in [-0.25, -0.2) is 8.42 Å². The van der Waals surface area contributed by atoms with Gasteiger partial charge < -0.3 is 14.5 Å². The van der Waals surface area contributed by atoms with Crippen molar-refractivity contribution in [2.75, 3.05) is 32.9 Å². The third kappa shape index (κ3) is 4.70. The van der Waals surface area contributed by atoms with Crippen molar-refractivity contribution in [2.24, 2.45) is 0 Å². The fourth-order valence-corrected chi connectivity index (χ4v) is 5.40. The fourth-order valence-electron chi connectivity index (χ4n) is 3.96. The van der Waals surface area contributed by atoms with Crippen LogP contribution in [0.25, 0.3) is 17.0 Å². The number of aromatic nitrogens is 5. The van der Waals surface area contributed by atoms with Crippen LogP contribution in [0, 0.1) is 0 Å². The smallest absolute Gasteiger partial charge is 0.296 e. The Labute approximate surface area is 198 Å². The van der Waals surface area contributed by atoms with Crippen LogP contribution in [0.2, 0.25) is 0 Å². The third-order valence-electron chi connectivity index (χ3n) is 5.85. The van der Waals surface area contributed by atoms with Gasteiger partial charge in [-0.2, -0.15) is 8.82 Å². The van der Waals surface area contributed by atoms with E-state index in [2.05, 4.69) is 27.2 Å². The number of rotatable bonds is 9. The number of H-pyrrole nitrogens is 1. The zero-order valence-electron chi connectivity index (χ0n) is 19.7. The maximum absolute atomic E-state index is 13.2. The van der Waals surface area contributed by atoms with Crippen LogP contribution in [0.5, 0.6) is 5.75 Å². The van der Waals surface area contributed by atoms with Gasteiger partial charge in [0.25, 0.3) is 5.56 Å². The maximum Gasteiger partial charge on any atom is 0.296 e. The van der Waals surface area contributed by atoms with Crippen LogP contribution in [0.4, 0.5) is 0 Å². The normalized spacial score (nSPS) is 16.1. The SMILES string of the molecule is CCCCC(C)c1nnc2c(=O)[nH]c(-c3cc(S(=O)(=O)N4CCOCC4)ccc3OCC)nn12. The number of nitrogens with one attached hydrogen (secondary N) is 1. The molecule has 34 heavy (non-hydrogen) atoms. The van der Waals surface area contributed by atoms with Gasteiger partial charge in [-0.3, -0.25) is 4.79 Å². The quantitative estimate of drug-likeness (QED) is 0.483. The molecule has 1 fully saturated rings. The van der Waals surface area contributed by atoms with Gasteiger partial charge in [-0.1, -0.05) is 26.7 Å². The van der Waals surface area contributed by atoms with E-state index >= 15 is 0 Å². The minimum Gasteiger partial charge on any atom is -0.493 e. The van der Waals surface area contributed by atoms with E-state index in [4.69, 9.17) is 9.47 Å². The summed E-state index contributed by atoms with van der Waals surface area (Å²) in [7, 11) is -3.75. The van der Waals surface area contributed by atoms with Gasteiger partial charge in [0.15, 0.2) is 11.6 Å². The first-order chi connectivity index (χ1) is 16.4. The molecule has 12 heteroatoms. The van der Waals surface area contributed by atoms with Gasteiger partial charge in [-0.05, 0) is 31.5 Å². The van der Waals surface area contributed by atoms with E-state index in [0.717, 1.165) is 19.3 Å². The molecule has 4 rings (SSSR count). The number of nitrogens with zero attached hydrogens (tertiary/aromatic N) is 5. The molecule has 0 saturated carbocycles. The van der Waals surface area contributed by atoms with E-state index in [1.807, 2.05) is 13.8 Å². The lowest BCUT2D eigenvalue weighted by atomic mass is 10.0. The van der Waals surface area contributed by atoms with Crippen LogP contribution in [0.3, 0.4) is 0 Å². The molecule has 1 aliphatic rings. The van der Waals surface area contributed by atoms with Gasteiger partial charge in [0.05, 0.1) is 30.3 Å². The second-order valence-corrected chi connectivity index (χ2v) is 10.2. The van der Waals surface area contributed by atoms with Crippen LogP contribution in [-0.2, 0) is 14.8 Å². The van der Waals surface area contributed by atoms with Gasteiger partial charge in [0.1, 0.15) is 5.75 Å². The molecule has 1 aromatic carbocycles. The van der Waals surface area contributed by atoms with Crippen LogP contribution < -0.4 is 10.3 Å². The Morgan fingerprint density at radius 3 is 2.68 bits per heavy atom. The number of ether oxygens (including phenoxy) is 2. The molecule has 11 nitrogen and oxygen atoms in total. The molecule has 1 saturated heterocycles. The Bertz CT molecular complexity index is 1310. The van der Waals surface area contributed by atoms with Crippen molar-refractivity contribution in [1.82, 2.24) is 29.1 Å². The summed E-state index contributed by atoms with van der Waals surface area (Å²) in [6.45, 7) is 7.59. The number of morpholine rings is 1. The zero-order valence-corrected chi connectivity index (χ0v) is 20.5. The molecule has 3 aromatic rings. The van der Waals surface area contributed by atoms with Crippen molar-refractivity contribution >= 4 is 15.7 Å². The summed E-state index contributed by atoms with van der Waals surface area (Å²) in [5.41, 5.74) is 0.00327. The Hall–Kier alpha value is -2.83. The molecule has 0 radical (unpaired) electrons. The second kappa shape index (κ2) is 10.2. The number of hydrogen-bond acceptors (Lipinski definition) is 8. The predicted molar refractivity (Wildman–Crippen MR) is 126 cm³/mol. The number of aromatic amines is 1. The Balaban J connectivity index is 1.83. The first-order valence-electron chi connectivity index (χ1n) is 11.6. The van der Waals surface area contributed by atoms with E-state index in [1.165, 1.54) is 21.0 Å². The predicted octanol–water partition coefficient (Wildman–Crippen LogP) is 2.19. The van der Waals surface area contributed by atoms with Crippen molar-refractivity contribution in [3.8, 4) is 17.1 Å². The summed E-state index contributed by atoms with van der Waals surface area (Å²) in [5, 5.41) is 12.8. The maximum atomic E-state index is 13.2. The standard InChI is InChI=1S/C22H30N6O5S/c1-4-6-7-15(3)20-24-25-21-22(29)23-19(26-28(20)21)17-14-16(8-9-18(17)33-5-2)34(30,31)27-10-12-32-13-11-27/h8-9,14-15H,4-7,10-13H2,1-3H3,(H,23,26,29). The molecular weight excluding hydrogens is 460 g/mol. The van der Waals surface area contributed by atoms with Crippen LogP contribution in [0.1, 0.15) is 51.8 Å². The highest BCUT2D eigenvalue weighted by Gasteiger charge is 2.28. The molecule has 2 aromatic heterocycles. The Morgan fingerprint density at radius 2 is 1.97 bits per heavy atom. The minimum absolute atomic E-state index is 0.0523. The van der Waals surface area contributed by atoms with E-state index in [-0.39, 0.29) is 35.4 Å². The second-order valence-electron chi connectivity index (χ2n) is 8.25. The highest BCUT2D eigenvalue weighted by molar-refractivity contribution is 7.89. The topological polar surface area (TPSA) is 132 Å². The first kappa shape index (κ1) is 24.3. The molecule has 0 amide bonds. The van der Waals surface area contributed by atoms with Crippen molar-refractivity contribution in [3.05, 3.63) is 34.4 Å². The summed E-state index contributed by atoms with van der Waals surface area (Å²) in [6.07, 6.45) is 2.95. The lowest BCUT2D eigenvalue weighted by molar-refractivity contribution is 0.0730. The van der Waals surface area contributed by atoms with Gasteiger partial charge in [-0.15, -0.1) is 15.3 Å². The Morgan fingerprint density at radius 1 is 1.21 bits per heavy atom.